The molecule has 0 aliphatic carbocycles. The maximum Gasteiger partial charge on any atom is 0.273 e. The van der Waals surface area contributed by atoms with Gasteiger partial charge < -0.3 is 10.1 Å². The summed E-state index contributed by atoms with van der Waals surface area (Å²) in [5.41, 5.74) is -0.00541. The van der Waals surface area contributed by atoms with Crippen molar-refractivity contribution >= 4 is 29.0 Å². The fourth-order valence-corrected chi connectivity index (χ4v) is 1.81. The molecule has 1 amide bonds. The van der Waals surface area contributed by atoms with Crippen LogP contribution in [0, 0.1) is 10.1 Å². The van der Waals surface area contributed by atoms with E-state index in [1.807, 2.05) is 0 Å². The topological polar surface area (TPSA) is 94.4 Å². The maximum atomic E-state index is 12.1. The van der Waals surface area contributed by atoms with Crippen LogP contribution in [0.15, 0.2) is 36.4 Å². The molecule has 1 aromatic carbocycles. The van der Waals surface area contributed by atoms with Gasteiger partial charge in [-0.3, -0.25) is 14.9 Å². The molecule has 0 aliphatic heterocycles. The molecule has 0 spiro atoms. The van der Waals surface area contributed by atoms with Gasteiger partial charge >= 0.3 is 0 Å². The fourth-order valence-electron chi connectivity index (χ4n) is 1.64. The van der Waals surface area contributed by atoms with Crippen molar-refractivity contribution < 1.29 is 14.5 Å². The van der Waals surface area contributed by atoms with Crippen molar-refractivity contribution in [2.24, 2.45) is 0 Å². The molecule has 0 radical (unpaired) electrons. The molecule has 2 aromatic rings. The number of ether oxygens (including phenoxy) is 1. The number of nitro benzene ring substituents is 1. The third kappa shape index (κ3) is 3.46. The number of nitrogens with zero attached hydrogens (tertiary/aromatic N) is 2. The van der Waals surface area contributed by atoms with Gasteiger partial charge in [-0.2, -0.15) is 0 Å². The summed E-state index contributed by atoms with van der Waals surface area (Å²) in [6.45, 7) is 0. The highest BCUT2D eigenvalue weighted by Gasteiger charge is 2.17. The Kier molecular flexibility index (Phi) is 4.34. The zero-order valence-electron chi connectivity index (χ0n) is 10.9. The second kappa shape index (κ2) is 6.19. The first-order valence-corrected chi connectivity index (χ1v) is 6.15. The van der Waals surface area contributed by atoms with Crippen LogP contribution >= 0.6 is 11.6 Å². The lowest BCUT2D eigenvalue weighted by molar-refractivity contribution is -0.384. The molecule has 0 atom stereocenters. The predicted octanol–water partition coefficient (Wildman–Crippen LogP) is 2.90. The lowest BCUT2D eigenvalue weighted by Crippen LogP contribution is -2.14. The predicted molar refractivity (Wildman–Crippen MR) is 76.8 cm³/mol. The fraction of sp³-hybridized carbons (Fsp3) is 0.0769. The van der Waals surface area contributed by atoms with Crippen molar-refractivity contribution in [3.8, 4) is 5.75 Å². The number of nitro groups is 1. The highest BCUT2D eigenvalue weighted by Crippen LogP contribution is 2.25. The Hall–Kier alpha value is -2.67. The molecule has 0 aliphatic rings. The third-order valence-electron chi connectivity index (χ3n) is 2.60. The molecule has 0 bridgehead atoms. The Labute approximate surface area is 124 Å². The van der Waals surface area contributed by atoms with E-state index in [9.17, 15) is 14.9 Å². The van der Waals surface area contributed by atoms with Crippen LogP contribution in [0.1, 0.15) is 10.4 Å². The minimum atomic E-state index is -0.567. The summed E-state index contributed by atoms with van der Waals surface area (Å²) in [6.07, 6.45) is 0. The molecule has 0 fully saturated rings. The molecule has 2 rings (SSSR count). The number of carbonyl (C=O) groups excluding carboxylic acids is 1. The number of carbonyl (C=O) groups is 1. The molecule has 1 aromatic heterocycles. The van der Waals surface area contributed by atoms with Gasteiger partial charge in [0.25, 0.3) is 11.6 Å². The van der Waals surface area contributed by atoms with Crippen molar-refractivity contribution in [3.05, 3.63) is 57.2 Å². The van der Waals surface area contributed by atoms with E-state index in [1.165, 1.54) is 25.3 Å². The van der Waals surface area contributed by atoms with E-state index in [0.29, 0.717) is 0 Å². The monoisotopic (exact) mass is 307 g/mol. The summed E-state index contributed by atoms with van der Waals surface area (Å²) >= 11 is 5.73. The van der Waals surface area contributed by atoms with Crippen molar-refractivity contribution in [1.82, 2.24) is 4.98 Å². The summed E-state index contributed by atoms with van der Waals surface area (Å²) in [6, 6.07) is 8.50. The number of aromatic nitrogens is 1. The van der Waals surface area contributed by atoms with E-state index in [1.54, 1.807) is 18.2 Å². The number of rotatable bonds is 4. The molecule has 21 heavy (non-hydrogen) atoms. The van der Waals surface area contributed by atoms with E-state index < -0.39 is 10.8 Å². The van der Waals surface area contributed by atoms with E-state index in [4.69, 9.17) is 16.3 Å². The van der Waals surface area contributed by atoms with Crippen LogP contribution in [0.4, 0.5) is 11.5 Å². The second-order valence-electron chi connectivity index (χ2n) is 3.94. The van der Waals surface area contributed by atoms with Gasteiger partial charge in [0.1, 0.15) is 16.7 Å². The number of amides is 1. The summed E-state index contributed by atoms with van der Waals surface area (Å²) in [5.74, 6) is -0.131. The van der Waals surface area contributed by atoms with Crippen LogP contribution in [0.2, 0.25) is 5.15 Å². The van der Waals surface area contributed by atoms with Crippen molar-refractivity contribution in [2.75, 3.05) is 12.4 Å². The molecule has 108 valence electrons. The largest absolute Gasteiger partial charge is 0.496 e. The SMILES string of the molecule is COc1cc([N+](=O)[O-])ccc1C(=O)Nc1cccc(Cl)n1. The number of hydrogen-bond acceptors (Lipinski definition) is 5. The number of anilines is 1. The van der Waals surface area contributed by atoms with E-state index >= 15 is 0 Å². The minimum absolute atomic E-state index is 0.101. The smallest absolute Gasteiger partial charge is 0.273 e. The van der Waals surface area contributed by atoms with E-state index in [-0.39, 0.29) is 28.0 Å². The van der Waals surface area contributed by atoms with Gasteiger partial charge in [-0.05, 0) is 18.2 Å². The number of benzene rings is 1. The van der Waals surface area contributed by atoms with Gasteiger partial charge in [-0.15, -0.1) is 0 Å². The molecule has 1 heterocycles. The average molecular weight is 308 g/mol. The van der Waals surface area contributed by atoms with E-state index in [0.717, 1.165) is 0 Å². The molecule has 1 N–H and O–H groups in total. The number of nitrogens with one attached hydrogen (secondary N) is 1. The van der Waals surface area contributed by atoms with Crippen molar-refractivity contribution in [2.45, 2.75) is 0 Å². The van der Waals surface area contributed by atoms with Gasteiger partial charge in [0, 0.05) is 6.07 Å². The lowest BCUT2D eigenvalue weighted by atomic mass is 10.1. The number of hydrogen-bond donors (Lipinski definition) is 1. The highest BCUT2D eigenvalue weighted by atomic mass is 35.5. The first-order valence-electron chi connectivity index (χ1n) is 5.77. The molecule has 0 saturated heterocycles. The second-order valence-corrected chi connectivity index (χ2v) is 4.33. The molecule has 8 heteroatoms. The Morgan fingerprint density at radius 3 is 2.76 bits per heavy atom. The van der Waals surface area contributed by atoms with E-state index in [2.05, 4.69) is 10.3 Å². The van der Waals surface area contributed by atoms with Crippen LogP contribution in [0.3, 0.4) is 0 Å². The Morgan fingerprint density at radius 1 is 1.38 bits per heavy atom. The zero-order valence-corrected chi connectivity index (χ0v) is 11.6. The van der Waals surface area contributed by atoms with Crippen molar-refractivity contribution in [3.63, 3.8) is 0 Å². The summed E-state index contributed by atoms with van der Waals surface area (Å²) in [5, 5.41) is 13.5. The van der Waals surface area contributed by atoms with Gasteiger partial charge in [0.05, 0.1) is 23.7 Å². The van der Waals surface area contributed by atoms with Crippen LogP contribution in [-0.4, -0.2) is 22.9 Å². The molecular weight excluding hydrogens is 298 g/mol. The number of halogens is 1. The summed E-state index contributed by atoms with van der Waals surface area (Å²) in [4.78, 5) is 26.2. The molecule has 0 saturated carbocycles. The molecular formula is C13H10ClN3O4. The van der Waals surface area contributed by atoms with Gasteiger partial charge in [0.15, 0.2) is 0 Å². The first kappa shape index (κ1) is 14.7. The quantitative estimate of drug-likeness (QED) is 0.532. The Balaban J connectivity index is 2.28. The van der Waals surface area contributed by atoms with Crippen LogP contribution in [-0.2, 0) is 0 Å². The Bertz CT molecular complexity index is 706. The highest BCUT2D eigenvalue weighted by molar-refractivity contribution is 6.29. The number of methoxy groups -OCH3 is 1. The Morgan fingerprint density at radius 2 is 2.14 bits per heavy atom. The van der Waals surface area contributed by atoms with Crippen LogP contribution in [0.5, 0.6) is 5.75 Å². The summed E-state index contributed by atoms with van der Waals surface area (Å²) < 4.78 is 5.01. The van der Waals surface area contributed by atoms with Crippen LogP contribution < -0.4 is 10.1 Å². The van der Waals surface area contributed by atoms with Crippen LogP contribution in [0.25, 0.3) is 0 Å². The lowest BCUT2D eigenvalue weighted by Gasteiger charge is -2.08. The third-order valence-corrected chi connectivity index (χ3v) is 2.81. The normalized spacial score (nSPS) is 10.0. The molecule has 7 nitrogen and oxygen atoms in total. The summed E-state index contributed by atoms with van der Waals surface area (Å²) in [7, 11) is 1.33. The zero-order chi connectivity index (χ0) is 15.4. The van der Waals surface area contributed by atoms with Crippen molar-refractivity contribution in [1.29, 1.82) is 0 Å². The number of pyridine rings is 1. The minimum Gasteiger partial charge on any atom is -0.496 e. The molecule has 0 unspecified atom stereocenters. The van der Waals surface area contributed by atoms with Gasteiger partial charge in [-0.1, -0.05) is 17.7 Å². The van der Waals surface area contributed by atoms with Gasteiger partial charge in [0.2, 0.25) is 0 Å². The maximum absolute atomic E-state index is 12.1. The average Bonchev–Trinajstić information content (AvgIpc) is 2.46. The van der Waals surface area contributed by atoms with Gasteiger partial charge in [-0.25, -0.2) is 4.98 Å². The first-order chi connectivity index (χ1) is 10.0. The number of non-ortho nitro benzene ring substituents is 1. The standard InChI is InChI=1S/C13H10ClN3O4/c1-21-10-7-8(17(19)20)5-6-9(10)13(18)16-12-4-2-3-11(14)15-12/h2-7H,1H3,(H,15,16,18).